The third-order valence-corrected chi connectivity index (χ3v) is 8.04. The Morgan fingerprint density at radius 2 is 2.15 bits per heavy atom. The quantitative estimate of drug-likeness (QED) is 0.884. The summed E-state index contributed by atoms with van der Waals surface area (Å²) in [4.78, 5) is 12.4. The minimum absolute atomic E-state index is 0.0664. The summed E-state index contributed by atoms with van der Waals surface area (Å²) >= 11 is 0. The molecule has 5 rings (SSSR count). The number of alkyl halides is 3. The Hall–Kier alpha value is -1.53. The number of fused-ring (bicyclic) bond motifs is 2. The van der Waals surface area contributed by atoms with E-state index in [1.807, 2.05) is 0 Å². The molecule has 6 atom stereocenters. The average Bonchev–Trinajstić information content (AvgIpc) is 3.12. The molecule has 1 aromatic rings. The van der Waals surface area contributed by atoms with Crippen molar-refractivity contribution in [1.82, 2.24) is 15.1 Å². The Morgan fingerprint density at radius 1 is 1.35 bits per heavy atom. The molecule has 0 radical (unpaired) electrons. The molecule has 0 aromatic carbocycles. The summed E-state index contributed by atoms with van der Waals surface area (Å²) in [6.45, 7) is 1.92. The van der Waals surface area contributed by atoms with Crippen molar-refractivity contribution in [2.45, 2.75) is 64.2 Å². The first kappa shape index (κ1) is 16.6. The van der Waals surface area contributed by atoms with Crippen LogP contribution in [-0.4, -0.2) is 21.7 Å². The van der Waals surface area contributed by atoms with E-state index in [0.29, 0.717) is 5.41 Å². The fraction of sp³-hybridized carbons (Fsp3) is 0.789. The van der Waals surface area contributed by atoms with Crippen LogP contribution in [0.1, 0.15) is 51.1 Å². The van der Waals surface area contributed by atoms with Crippen LogP contribution in [0.2, 0.25) is 0 Å². The van der Waals surface area contributed by atoms with Gasteiger partial charge in [0.2, 0.25) is 5.91 Å². The van der Waals surface area contributed by atoms with Crippen LogP contribution in [-0.2, 0) is 17.5 Å². The van der Waals surface area contributed by atoms with Gasteiger partial charge in [-0.2, -0.15) is 18.3 Å². The van der Waals surface area contributed by atoms with E-state index in [1.54, 1.807) is 0 Å². The highest BCUT2D eigenvalue weighted by molar-refractivity contribution is 5.76. The van der Waals surface area contributed by atoms with Gasteiger partial charge < -0.3 is 5.32 Å². The largest absolute Gasteiger partial charge is 0.435 e. The van der Waals surface area contributed by atoms with E-state index in [4.69, 9.17) is 0 Å². The number of carbonyl (C=O) groups excluding carboxylic acids is 1. The minimum Gasteiger partial charge on any atom is -0.351 e. The molecule has 142 valence electrons. The molecule has 1 heterocycles. The van der Waals surface area contributed by atoms with Gasteiger partial charge in [0.05, 0.1) is 0 Å². The molecule has 6 unspecified atom stereocenters. The molecular formula is C19H24F3N3O. The van der Waals surface area contributed by atoms with Crippen molar-refractivity contribution < 1.29 is 18.0 Å². The fourth-order valence-corrected chi connectivity index (χ4v) is 7.12. The van der Waals surface area contributed by atoms with Crippen molar-refractivity contribution in [2.75, 3.05) is 0 Å². The van der Waals surface area contributed by atoms with Crippen LogP contribution in [0.15, 0.2) is 12.3 Å². The molecule has 4 saturated carbocycles. The summed E-state index contributed by atoms with van der Waals surface area (Å²) in [5.41, 5.74) is -0.209. The Morgan fingerprint density at radius 3 is 2.88 bits per heavy atom. The smallest absolute Gasteiger partial charge is 0.351 e. The highest BCUT2D eigenvalue weighted by Gasteiger charge is 2.71. The molecule has 1 aromatic heterocycles. The molecule has 0 saturated heterocycles. The van der Waals surface area contributed by atoms with Gasteiger partial charge in [-0.25, -0.2) is 0 Å². The van der Waals surface area contributed by atoms with Gasteiger partial charge in [-0.1, -0.05) is 0 Å². The summed E-state index contributed by atoms with van der Waals surface area (Å²) < 4.78 is 39.0. The molecule has 4 nitrogen and oxygen atoms in total. The highest BCUT2D eigenvalue weighted by Crippen LogP contribution is 2.79. The number of aromatic nitrogens is 2. The van der Waals surface area contributed by atoms with Crippen molar-refractivity contribution in [3.63, 3.8) is 0 Å². The monoisotopic (exact) mass is 367 g/mol. The standard InChI is InChI=1S/C19H24F3N3O/c1-11(23-16(26)9-25-3-2-15(24-25)19(20,21)22)17-6-12-4-13-5-14(8-17)18(13,7-12)10-17/h2-3,11-14H,4-10H2,1H3,(H,23,26). The SMILES string of the molecule is CC(NC(=O)Cn1ccc(C(F)(F)F)n1)C12CC3CC4CC(C1)C4(C3)C2. The topological polar surface area (TPSA) is 46.9 Å². The van der Waals surface area contributed by atoms with Crippen LogP contribution in [0.25, 0.3) is 0 Å². The number of carbonyl (C=O) groups is 1. The van der Waals surface area contributed by atoms with E-state index in [1.165, 1.54) is 44.7 Å². The summed E-state index contributed by atoms with van der Waals surface area (Å²) in [5.74, 6) is 2.30. The zero-order chi connectivity index (χ0) is 18.3. The number of rotatable bonds is 4. The molecular weight excluding hydrogens is 343 g/mol. The third-order valence-electron chi connectivity index (χ3n) is 8.04. The van der Waals surface area contributed by atoms with Crippen LogP contribution in [0, 0.1) is 28.6 Å². The van der Waals surface area contributed by atoms with Gasteiger partial charge in [-0.15, -0.1) is 0 Å². The van der Waals surface area contributed by atoms with E-state index in [-0.39, 0.29) is 23.9 Å². The Bertz CT molecular complexity index is 755. The third kappa shape index (κ3) is 2.21. The predicted molar refractivity (Wildman–Crippen MR) is 87.9 cm³/mol. The zero-order valence-electron chi connectivity index (χ0n) is 14.9. The molecule has 0 aliphatic heterocycles. The van der Waals surface area contributed by atoms with Gasteiger partial charge in [-0.3, -0.25) is 9.48 Å². The van der Waals surface area contributed by atoms with E-state index in [2.05, 4.69) is 17.3 Å². The maximum Gasteiger partial charge on any atom is 0.435 e. The first-order valence-electron chi connectivity index (χ1n) is 9.60. The first-order chi connectivity index (χ1) is 12.2. The molecule has 4 aliphatic carbocycles. The normalized spacial score (nSPS) is 41.0. The molecule has 4 fully saturated rings. The summed E-state index contributed by atoms with van der Waals surface area (Å²) in [6.07, 6.45) is 4.49. The summed E-state index contributed by atoms with van der Waals surface area (Å²) in [7, 11) is 0. The Kier molecular flexibility index (Phi) is 3.23. The van der Waals surface area contributed by atoms with Crippen molar-refractivity contribution >= 4 is 5.91 Å². The molecule has 4 aliphatic rings. The molecule has 1 amide bonds. The van der Waals surface area contributed by atoms with Gasteiger partial charge in [0.15, 0.2) is 5.69 Å². The van der Waals surface area contributed by atoms with Gasteiger partial charge >= 0.3 is 6.18 Å². The number of halogens is 3. The van der Waals surface area contributed by atoms with Crippen molar-refractivity contribution in [1.29, 1.82) is 0 Å². The lowest BCUT2D eigenvalue weighted by Crippen LogP contribution is -2.48. The Labute approximate surface area is 150 Å². The number of nitrogens with zero attached hydrogens (tertiary/aromatic N) is 2. The second-order valence-electron chi connectivity index (χ2n) is 9.30. The maximum absolute atomic E-state index is 12.6. The molecule has 3 bridgehead atoms. The van der Waals surface area contributed by atoms with Gasteiger partial charge in [-0.05, 0) is 80.1 Å². The van der Waals surface area contributed by atoms with E-state index >= 15 is 0 Å². The molecule has 7 heteroatoms. The Balaban J connectivity index is 1.25. The van der Waals surface area contributed by atoms with Gasteiger partial charge in [0.25, 0.3) is 0 Å². The predicted octanol–water partition coefficient (Wildman–Crippen LogP) is 3.62. The van der Waals surface area contributed by atoms with E-state index in [9.17, 15) is 18.0 Å². The minimum atomic E-state index is -4.48. The van der Waals surface area contributed by atoms with Gasteiger partial charge in [0, 0.05) is 12.2 Å². The number of amides is 1. The summed E-state index contributed by atoms with van der Waals surface area (Å²) in [6, 6.07) is 0.971. The first-order valence-corrected chi connectivity index (χ1v) is 9.60. The lowest BCUT2D eigenvalue weighted by atomic mass is 9.55. The number of nitrogens with one attached hydrogen (secondary N) is 1. The van der Waals surface area contributed by atoms with E-state index < -0.39 is 11.9 Å². The van der Waals surface area contributed by atoms with E-state index in [0.717, 1.165) is 28.5 Å². The van der Waals surface area contributed by atoms with Gasteiger partial charge in [0.1, 0.15) is 6.54 Å². The molecule has 26 heavy (non-hydrogen) atoms. The summed E-state index contributed by atoms with van der Waals surface area (Å²) in [5, 5.41) is 6.56. The van der Waals surface area contributed by atoms with Crippen molar-refractivity contribution in [2.24, 2.45) is 28.6 Å². The number of hydrogen-bond acceptors (Lipinski definition) is 2. The second-order valence-corrected chi connectivity index (χ2v) is 9.30. The highest BCUT2D eigenvalue weighted by atomic mass is 19.4. The second kappa shape index (κ2) is 5.04. The fourth-order valence-electron chi connectivity index (χ4n) is 7.12. The molecule has 1 spiro atoms. The average molecular weight is 367 g/mol. The lowest BCUT2D eigenvalue weighted by Gasteiger charge is -2.49. The van der Waals surface area contributed by atoms with Crippen LogP contribution < -0.4 is 5.32 Å². The molecule has 1 N–H and O–H groups in total. The maximum atomic E-state index is 12.6. The number of hydrogen-bond donors (Lipinski definition) is 1. The van der Waals surface area contributed by atoms with Crippen LogP contribution in [0.3, 0.4) is 0 Å². The van der Waals surface area contributed by atoms with Crippen LogP contribution in [0.4, 0.5) is 13.2 Å². The van der Waals surface area contributed by atoms with Crippen LogP contribution in [0.5, 0.6) is 0 Å². The zero-order valence-corrected chi connectivity index (χ0v) is 14.9. The van der Waals surface area contributed by atoms with Crippen LogP contribution >= 0.6 is 0 Å². The van der Waals surface area contributed by atoms with Crippen molar-refractivity contribution in [3.05, 3.63) is 18.0 Å². The van der Waals surface area contributed by atoms with Crippen molar-refractivity contribution in [3.8, 4) is 0 Å². The lowest BCUT2D eigenvalue weighted by molar-refractivity contribution is -0.141.